The lowest BCUT2D eigenvalue weighted by Crippen LogP contribution is -2.30. The fraction of sp³-hybridized carbons (Fsp3) is 0.803. The summed E-state index contributed by atoms with van der Waals surface area (Å²) in [6.45, 7) is 7.56. The molecule has 0 spiro atoms. The Morgan fingerprint density at radius 3 is 1.00 bits per heavy atom. The minimum atomic E-state index is -0.573. The highest BCUT2D eigenvalue weighted by atomic mass is 16.6. The van der Waals surface area contributed by atoms with E-state index in [1.807, 2.05) is 0 Å². The number of carbonyl (C=O) groups is 2. The Bertz CT molecular complexity index is 1130. The highest BCUT2D eigenvalue weighted by Gasteiger charge is 2.17. The van der Waals surface area contributed by atoms with E-state index < -0.39 is 6.10 Å². The zero-order valence-corrected chi connectivity index (χ0v) is 44.2. The van der Waals surface area contributed by atoms with Crippen molar-refractivity contribution in [3.05, 3.63) is 60.8 Å². The fourth-order valence-corrected chi connectivity index (χ4v) is 8.34. The van der Waals surface area contributed by atoms with Crippen molar-refractivity contribution < 1.29 is 23.8 Å². The summed E-state index contributed by atoms with van der Waals surface area (Å²) in [5.74, 6) is -0.421. The maximum Gasteiger partial charge on any atom is 0.306 e. The first-order chi connectivity index (χ1) is 32.6. The molecule has 66 heavy (non-hydrogen) atoms. The van der Waals surface area contributed by atoms with Crippen molar-refractivity contribution in [3.8, 4) is 0 Å². The van der Waals surface area contributed by atoms with Gasteiger partial charge in [-0.2, -0.15) is 0 Å². The van der Waals surface area contributed by atoms with Crippen LogP contribution in [0.2, 0.25) is 0 Å². The summed E-state index contributed by atoms with van der Waals surface area (Å²) >= 11 is 0. The molecule has 0 radical (unpaired) electrons. The van der Waals surface area contributed by atoms with Gasteiger partial charge in [0.15, 0.2) is 6.10 Å². The maximum absolute atomic E-state index is 12.9. The van der Waals surface area contributed by atoms with Gasteiger partial charge in [0.1, 0.15) is 6.61 Å². The summed E-state index contributed by atoms with van der Waals surface area (Å²) in [7, 11) is 0. The number of hydrogen-bond acceptors (Lipinski definition) is 5. The fourth-order valence-electron chi connectivity index (χ4n) is 8.34. The van der Waals surface area contributed by atoms with Crippen LogP contribution in [0.1, 0.15) is 290 Å². The average Bonchev–Trinajstić information content (AvgIpc) is 3.32. The summed E-state index contributed by atoms with van der Waals surface area (Å²) in [4.78, 5) is 25.5. The first kappa shape index (κ1) is 63.6. The van der Waals surface area contributed by atoms with E-state index in [1.54, 1.807) is 0 Å². The largest absolute Gasteiger partial charge is 0.462 e. The number of unbranched alkanes of at least 4 members (excludes halogenated alkanes) is 32. The van der Waals surface area contributed by atoms with Crippen LogP contribution in [-0.4, -0.2) is 37.9 Å². The standard InChI is InChI=1S/C61H110O5/c1-4-7-10-13-16-19-22-25-28-31-33-36-39-42-45-48-51-54-60(62)65-58-59(57-64-56-53-50-47-44-41-38-35-30-27-24-21-18-15-12-9-6-3)66-61(63)55-52-49-46-43-40-37-34-32-29-26-23-20-17-14-11-8-5-2/h9,12,18,21,27,30,38,41,47,50,59H,4-8,10-11,13-17,19-20,22-26,28-29,31-37,39-40,42-46,48-49,51-58H2,1-3H3/b12-9-,21-18-,30-27-,41-38-,50-47-. The summed E-state index contributed by atoms with van der Waals surface area (Å²) in [5.41, 5.74) is 0. The Balaban J connectivity index is 4.32. The Morgan fingerprint density at radius 1 is 0.348 bits per heavy atom. The molecule has 5 nitrogen and oxygen atoms in total. The first-order valence-electron chi connectivity index (χ1n) is 28.8. The monoisotopic (exact) mass is 923 g/mol. The summed E-state index contributed by atoms with van der Waals surface area (Å²) in [5, 5.41) is 0. The number of rotatable bonds is 53. The second-order valence-electron chi connectivity index (χ2n) is 19.2. The smallest absolute Gasteiger partial charge is 0.306 e. The third-order valence-electron chi connectivity index (χ3n) is 12.6. The molecule has 5 heteroatoms. The molecule has 0 heterocycles. The molecule has 0 amide bonds. The molecule has 0 aromatic rings. The van der Waals surface area contributed by atoms with Crippen LogP contribution in [0.4, 0.5) is 0 Å². The van der Waals surface area contributed by atoms with E-state index in [0.717, 1.165) is 64.2 Å². The molecule has 0 N–H and O–H groups in total. The summed E-state index contributed by atoms with van der Waals surface area (Å²) in [6.07, 6.45) is 72.6. The molecular weight excluding hydrogens is 813 g/mol. The van der Waals surface area contributed by atoms with Gasteiger partial charge in [-0.3, -0.25) is 9.59 Å². The van der Waals surface area contributed by atoms with E-state index in [1.165, 1.54) is 193 Å². The molecule has 0 aliphatic heterocycles. The second kappa shape index (κ2) is 56.9. The van der Waals surface area contributed by atoms with Gasteiger partial charge in [-0.25, -0.2) is 0 Å². The van der Waals surface area contributed by atoms with Crippen LogP contribution in [0.5, 0.6) is 0 Å². The highest BCUT2D eigenvalue weighted by Crippen LogP contribution is 2.17. The van der Waals surface area contributed by atoms with Crippen molar-refractivity contribution in [3.63, 3.8) is 0 Å². The van der Waals surface area contributed by atoms with Gasteiger partial charge in [-0.15, -0.1) is 0 Å². The van der Waals surface area contributed by atoms with Crippen LogP contribution in [0.3, 0.4) is 0 Å². The molecular formula is C61H110O5. The van der Waals surface area contributed by atoms with E-state index in [2.05, 4.69) is 81.5 Å². The Kier molecular flexibility index (Phi) is 54.9. The van der Waals surface area contributed by atoms with Crippen LogP contribution >= 0.6 is 0 Å². The number of esters is 2. The molecule has 0 aliphatic rings. The van der Waals surface area contributed by atoms with E-state index >= 15 is 0 Å². The molecule has 0 aromatic heterocycles. The van der Waals surface area contributed by atoms with Crippen molar-refractivity contribution in [2.24, 2.45) is 0 Å². The number of allylic oxidation sites excluding steroid dienone is 9. The van der Waals surface area contributed by atoms with Crippen molar-refractivity contribution >= 4 is 11.9 Å². The van der Waals surface area contributed by atoms with Gasteiger partial charge >= 0.3 is 11.9 Å². The highest BCUT2D eigenvalue weighted by molar-refractivity contribution is 5.70. The minimum Gasteiger partial charge on any atom is -0.462 e. The van der Waals surface area contributed by atoms with Crippen LogP contribution in [0.25, 0.3) is 0 Å². The normalized spacial score (nSPS) is 12.6. The third-order valence-corrected chi connectivity index (χ3v) is 12.6. The van der Waals surface area contributed by atoms with Crippen LogP contribution in [0.15, 0.2) is 60.8 Å². The molecule has 0 saturated heterocycles. The van der Waals surface area contributed by atoms with E-state index in [4.69, 9.17) is 14.2 Å². The van der Waals surface area contributed by atoms with Gasteiger partial charge in [0.25, 0.3) is 0 Å². The van der Waals surface area contributed by atoms with Crippen molar-refractivity contribution in [1.29, 1.82) is 0 Å². The quantitative estimate of drug-likeness (QED) is 0.0346. The molecule has 0 aliphatic carbocycles. The molecule has 0 fully saturated rings. The lowest BCUT2D eigenvalue weighted by atomic mass is 10.0. The van der Waals surface area contributed by atoms with E-state index in [9.17, 15) is 9.59 Å². The van der Waals surface area contributed by atoms with Gasteiger partial charge in [-0.05, 0) is 51.4 Å². The zero-order valence-electron chi connectivity index (χ0n) is 44.2. The maximum atomic E-state index is 12.9. The van der Waals surface area contributed by atoms with E-state index in [-0.39, 0.29) is 25.2 Å². The molecule has 0 saturated carbocycles. The van der Waals surface area contributed by atoms with Crippen LogP contribution < -0.4 is 0 Å². The summed E-state index contributed by atoms with van der Waals surface area (Å²) < 4.78 is 17.4. The van der Waals surface area contributed by atoms with Crippen molar-refractivity contribution in [1.82, 2.24) is 0 Å². The van der Waals surface area contributed by atoms with Gasteiger partial charge in [0.05, 0.1) is 13.2 Å². The predicted molar refractivity (Wildman–Crippen MR) is 288 cm³/mol. The number of carbonyl (C=O) groups excluding carboxylic acids is 2. The molecule has 0 bridgehead atoms. The molecule has 0 aromatic carbocycles. The van der Waals surface area contributed by atoms with Gasteiger partial charge < -0.3 is 14.2 Å². The van der Waals surface area contributed by atoms with Crippen LogP contribution in [0, 0.1) is 0 Å². The molecule has 384 valence electrons. The summed E-state index contributed by atoms with van der Waals surface area (Å²) in [6, 6.07) is 0. The average molecular weight is 924 g/mol. The van der Waals surface area contributed by atoms with Gasteiger partial charge in [0.2, 0.25) is 0 Å². The molecule has 1 atom stereocenters. The topological polar surface area (TPSA) is 61.8 Å². The Hall–Kier alpha value is -2.40. The number of ether oxygens (including phenoxy) is 3. The van der Waals surface area contributed by atoms with E-state index in [0.29, 0.717) is 19.4 Å². The Labute approximate surface area is 411 Å². The third kappa shape index (κ3) is 54.2. The van der Waals surface area contributed by atoms with Crippen molar-refractivity contribution in [2.75, 3.05) is 19.8 Å². The zero-order chi connectivity index (χ0) is 47.7. The lowest BCUT2D eigenvalue weighted by molar-refractivity contribution is -0.162. The van der Waals surface area contributed by atoms with Gasteiger partial charge in [0, 0.05) is 12.8 Å². The van der Waals surface area contributed by atoms with Crippen LogP contribution in [-0.2, 0) is 23.8 Å². The second-order valence-corrected chi connectivity index (χ2v) is 19.2. The minimum absolute atomic E-state index is 0.0598. The molecule has 0 rings (SSSR count). The van der Waals surface area contributed by atoms with Crippen molar-refractivity contribution in [2.45, 2.75) is 297 Å². The SMILES string of the molecule is CC/C=C\C/C=C\C/C=C\C/C=C\C/C=C\CCOCC(COC(=O)CCCCCCCCCCCCCCCCCCC)OC(=O)CCCCCCCCCCCCCCCCCCC. The van der Waals surface area contributed by atoms with Gasteiger partial charge in [-0.1, -0.05) is 287 Å². The molecule has 1 unspecified atom stereocenters. The lowest BCUT2D eigenvalue weighted by Gasteiger charge is -2.18. The first-order valence-corrected chi connectivity index (χ1v) is 28.8. The predicted octanol–water partition coefficient (Wildman–Crippen LogP) is 19.7. The Morgan fingerprint density at radius 2 is 0.652 bits per heavy atom. The number of hydrogen-bond donors (Lipinski definition) is 0.